The number of nitriles is 1. The summed E-state index contributed by atoms with van der Waals surface area (Å²) in [5.41, 5.74) is 6.68. The van der Waals surface area contributed by atoms with E-state index >= 15 is 0 Å². The maximum absolute atomic E-state index is 13.7. The lowest BCUT2D eigenvalue weighted by molar-refractivity contribution is -0.143. The van der Waals surface area contributed by atoms with E-state index in [1.165, 1.54) is 0 Å². The molecule has 0 fully saturated rings. The van der Waals surface area contributed by atoms with Crippen molar-refractivity contribution in [3.8, 4) is 17.6 Å². The van der Waals surface area contributed by atoms with Crippen LogP contribution in [0.4, 0.5) is 0 Å². The van der Waals surface area contributed by atoms with Crippen LogP contribution in [0, 0.1) is 16.7 Å². The highest BCUT2D eigenvalue weighted by atomic mass is 16.5. The van der Waals surface area contributed by atoms with Gasteiger partial charge in [-0.3, -0.25) is 4.79 Å². The second kappa shape index (κ2) is 10.6. The number of ether oxygens (including phenoxy) is 2. The lowest BCUT2D eigenvalue weighted by Gasteiger charge is -2.51. The fourth-order valence-corrected chi connectivity index (χ4v) is 6.92. The number of benzene rings is 5. The van der Waals surface area contributed by atoms with Crippen molar-refractivity contribution in [2.75, 3.05) is 0 Å². The van der Waals surface area contributed by atoms with Gasteiger partial charge in [-0.05, 0) is 91.4 Å². The Morgan fingerprint density at radius 3 is 1.91 bits per heavy atom. The van der Waals surface area contributed by atoms with Gasteiger partial charge in [-0.15, -0.1) is 0 Å². The molecule has 5 aromatic carbocycles. The zero-order valence-electron chi connectivity index (χ0n) is 25.3. The summed E-state index contributed by atoms with van der Waals surface area (Å²) in [6, 6.07) is 39.2. The summed E-state index contributed by atoms with van der Waals surface area (Å²) < 4.78 is 12.5. The van der Waals surface area contributed by atoms with Gasteiger partial charge in [0.15, 0.2) is 0 Å². The van der Waals surface area contributed by atoms with E-state index in [-0.39, 0.29) is 11.9 Å². The predicted octanol–water partition coefficient (Wildman–Crippen LogP) is 8.11. The highest BCUT2D eigenvalue weighted by molar-refractivity contribution is 5.92. The van der Waals surface area contributed by atoms with Crippen molar-refractivity contribution >= 4 is 11.9 Å². The molecule has 0 N–H and O–H groups in total. The first-order valence-corrected chi connectivity index (χ1v) is 15.1. The van der Waals surface area contributed by atoms with E-state index in [9.17, 15) is 14.9 Å². The summed E-state index contributed by atoms with van der Waals surface area (Å²) in [5.74, 6) is -0.220. The van der Waals surface area contributed by atoms with E-state index in [1.807, 2.05) is 51.1 Å². The number of carbonyl (C=O) groups is 2. The van der Waals surface area contributed by atoms with Crippen molar-refractivity contribution in [2.24, 2.45) is 5.41 Å². The van der Waals surface area contributed by atoms with Crippen LogP contribution in [-0.4, -0.2) is 11.9 Å². The molecule has 5 nitrogen and oxygen atoms in total. The van der Waals surface area contributed by atoms with Crippen molar-refractivity contribution in [3.63, 3.8) is 0 Å². The molecule has 0 aliphatic heterocycles. The third-order valence-corrected chi connectivity index (χ3v) is 8.93. The molecule has 8 rings (SSSR count). The summed E-state index contributed by atoms with van der Waals surface area (Å²) in [6.45, 7) is 5.51. The minimum Gasteiger partial charge on any atom is -0.426 e. The summed E-state index contributed by atoms with van der Waals surface area (Å²) in [4.78, 5) is 27.0. The number of nitrogens with zero attached hydrogens (tertiary/aromatic N) is 1. The van der Waals surface area contributed by atoms with Gasteiger partial charge in [-0.1, -0.05) is 78.9 Å². The molecule has 0 saturated heterocycles. The largest absolute Gasteiger partial charge is 0.426 e. The Balaban J connectivity index is 1.52. The minimum absolute atomic E-state index is 0.235. The van der Waals surface area contributed by atoms with Gasteiger partial charge in [0.2, 0.25) is 0 Å². The molecule has 0 heterocycles. The highest BCUT2D eigenvalue weighted by Gasteiger charge is 2.54. The smallest absolute Gasteiger partial charge is 0.343 e. The molecule has 2 bridgehead atoms. The van der Waals surface area contributed by atoms with Crippen molar-refractivity contribution in [3.05, 3.63) is 165 Å². The van der Waals surface area contributed by atoms with Crippen LogP contribution in [0.1, 0.15) is 81.6 Å². The summed E-state index contributed by atoms with van der Waals surface area (Å²) in [7, 11) is 0. The van der Waals surface area contributed by atoms with Gasteiger partial charge in [0.1, 0.15) is 11.5 Å². The summed E-state index contributed by atoms with van der Waals surface area (Å²) in [5, 5.41) is 9.24. The monoisotopic (exact) mass is 589 g/mol. The maximum Gasteiger partial charge on any atom is 0.343 e. The van der Waals surface area contributed by atoms with Gasteiger partial charge >= 0.3 is 11.9 Å². The highest BCUT2D eigenvalue weighted by Crippen LogP contribution is 2.64. The molecule has 0 atom stereocenters. The van der Waals surface area contributed by atoms with Crippen molar-refractivity contribution < 1.29 is 19.1 Å². The zero-order chi connectivity index (χ0) is 31.3. The van der Waals surface area contributed by atoms with Gasteiger partial charge in [0, 0.05) is 17.0 Å². The molecule has 0 spiro atoms. The molecule has 3 aliphatic carbocycles. The Bertz CT molecular complexity index is 1970. The lowest BCUT2D eigenvalue weighted by Crippen LogP contribution is -2.44. The molecule has 5 aromatic rings. The second-order valence-electron chi connectivity index (χ2n) is 12.7. The van der Waals surface area contributed by atoms with E-state index in [0.29, 0.717) is 29.0 Å². The standard InChI is InChI=1S/C40H31NO4/c1-39(2,3)38(43)45-32-21-22-33(44-37(42)27-19-17-26(24-41)18-20-27)36-35(32)34-28-13-7-9-15-30(28)40(36,23-25-11-5-4-6-12-25)31-16-10-8-14-29(31)34/h4-22,34H,23H2,1-3H3. The molecule has 0 radical (unpaired) electrons. The predicted molar refractivity (Wildman–Crippen MR) is 172 cm³/mol. The second-order valence-corrected chi connectivity index (χ2v) is 12.7. The number of hydrogen-bond donors (Lipinski definition) is 0. The first-order valence-electron chi connectivity index (χ1n) is 15.1. The van der Waals surface area contributed by atoms with Crippen molar-refractivity contribution in [1.29, 1.82) is 5.26 Å². The number of carbonyl (C=O) groups excluding carboxylic acids is 2. The third kappa shape index (κ3) is 4.53. The van der Waals surface area contributed by atoms with E-state index in [0.717, 1.165) is 38.9 Å². The average Bonchev–Trinajstić information content (AvgIpc) is 3.06. The maximum atomic E-state index is 13.7. The Labute approximate surface area is 262 Å². The molecule has 0 aromatic heterocycles. The quantitative estimate of drug-likeness (QED) is 0.153. The van der Waals surface area contributed by atoms with Crippen LogP contribution in [0.5, 0.6) is 11.5 Å². The molecule has 0 amide bonds. The Kier molecular flexibility index (Phi) is 6.67. The summed E-state index contributed by atoms with van der Waals surface area (Å²) >= 11 is 0. The van der Waals surface area contributed by atoms with Crippen LogP contribution in [-0.2, 0) is 16.6 Å². The number of esters is 2. The molecule has 0 unspecified atom stereocenters. The molecule has 5 heteroatoms. The van der Waals surface area contributed by atoms with Crippen LogP contribution in [0.2, 0.25) is 0 Å². The fourth-order valence-electron chi connectivity index (χ4n) is 6.92. The lowest BCUT2D eigenvalue weighted by atomic mass is 9.51. The van der Waals surface area contributed by atoms with Crippen LogP contribution in [0.3, 0.4) is 0 Å². The van der Waals surface area contributed by atoms with E-state index in [4.69, 9.17) is 9.47 Å². The first kappa shape index (κ1) is 28.3. The Morgan fingerprint density at radius 1 is 0.733 bits per heavy atom. The van der Waals surface area contributed by atoms with Crippen LogP contribution in [0.25, 0.3) is 0 Å². The fraction of sp³-hybridized carbons (Fsp3) is 0.175. The van der Waals surface area contributed by atoms with Crippen LogP contribution < -0.4 is 9.47 Å². The number of rotatable bonds is 5. The van der Waals surface area contributed by atoms with Gasteiger partial charge in [-0.25, -0.2) is 4.79 Å². The molecule has 0 saturated carbocycles. The molecule has 3 aliphatic rings. The summed E-state index contributed by atoms with van der Waals surface area (Å²) in [6.07, 6.45) is 0.597. The van der Waals surface area contributed by atoms with Crippen molar-refractivity contribution in [1.82, 2.24) is 0 Å². The first-order chi connectivity index (χ1) is 21.7. The Morgan fingerprint density at radius 2 is 1.31 bits per heavy atom. The molecular weight excluding hydrogens is 558 g/mol. The van der Waals surface area contributed by atoms with Crippen LogP contribution >= 0.6 is 0 Å². The normalized spacial score (nSPS) is 17.3. The number of hydrogen-bond acceptors (Lipinski definition) is 5. The molecule has 220 valence electrons. The van der Waals surface area contributed by atoms with Gasteiger partial charge in [-0.2, -0.15) is 5.26 Å². The molecular formula is C40H31NO4. The average molecular weight is 590 g/mol. The SMILES string of the molecule is CC(C)(C)C(=O)Oc1ccc(OC(=O)c2ccc(C#N)cc2)c2c1C1c3ccccc3C2(Cc2ccccc2)c2ccccc21. The van der Waals surface area contributed by atoms with E-state index in [2.05, 4.69) is 54.6 Å². The van der Waals surface area contributed by atoms with Gasteiger partial charge < -0.3 is 9.47 Å². The van der Waals surface area contributed by atoms with Crippen LogP contribution in [0.15, 0.2) is 115 Å². The van der Waals surface area contributed by atoms with Crippen molar-refractivity contribution in [2.45, 2.75) is 38.5 Å². The third-order valence-electron chi connectivity index (χ3n) is 8.93. The molecule has 45 heavy (non-hydrogen) atoms. The zero-order valence-corrected chi connectivity index (χ0v) is 25.3. The van der Waals surface area contributed by atoms with Gasteiger partial charge in [0.05, 0.1) is 28.0 Å². The van der Waals surface area contributed by atoms with Gasteiger partial charge in [0.25, 0.3) is 0 Å². The Hall–Kier alpha value is -5.47. The van der Waals surface area contributed by atoms with E-state index < -0.39 is 16.8 Å². The minimum atomic E-state index is -0.747. The van der Waals surface area contributed by atoms with E-state index in [1.54, 1.807) is 36.4 Å². The topological polar surface area (TPSA) is 76.4 Å².